The first-order valence-electron chi connectivity index (χ1n) is 6.28. The van der Waals surface area contributed by atoms with Crippen molar-refractivity contribution < 1.29 is 18.8 Å². The Labute approximate surface area is 116 Å². The van der Waals surface area contributed by atoms with Gasteiger partial charge in [-0.3, -0.25) is 19.8 Å². The van der Waals surface area contributed by atoms with Crippen LogP contribution < -0.4 is 0 Å². The van der Waals surface area contributed by atoms with E-state index in [1.54, 1.807) is 11.8 Å². The van der Waals surface area contributed by atoms with Crippen molar-refractivity contribution in [1.29, 1.82) is 0 Å². The van der Waals surface area contributed by atoms with E-state index in [1.165, 1.54) is 6.07 Å². The van der Waals surface area contributed by atoms with Crippen LogP contribution in [0.15, 0.2) is 18.2 Å². The molecule has 7 heteroatoms. The number of hydrogen-bond donors (Lipinski definition) is 0. The van der Waals surface area contributed by atoms with Crippen molar-refractivity contribution in [2.24, 2.45) is 0 Å². The SMILES string of the molecule is CCOC(=O)CN(CC)Cc1ccc([N+](=O)[O-])c(F)c1. The van der Waals surface area contributed by atoms with Crippen molar-refractivity contribution in [3.8, 4) is 0 Å². The van der Waals surface area contributed by atoms with E-state index < -0.39 is 16.4 Å². The fourth-order valence-corrected chi connectivity index (χ4v) is 1.72. The van der Waals surface area contributed by atoms with Crippen LogP contribution in [0.4, 0.5) is 10.1 Å². The smallest absolute Gasteiger partial charge is 0.320 e. The number of ether oxygens (including phenoxy) is 1. The Balaban J connectivity index is 2.73. The summed E-state index contributed by atoms with van der Waals surface area (Å²) in [6, 6.07) is 3.73. The molecular formula is C13H17FN2O4. The van der Waals surface area contributed by atoms with Gasteiger partial charge in [0.15, 0.2) is 0 Å². The summed E-state index contributed by atoms with van der Waals surface area (Å²) in [5.41, 5.74) is 0.0152. The number of hydrogen-bond acceptors (Lipinski definition) is 5. The largest absolute Gasteiger partial charge is 0.465 e. The van der Waals surface area contributed by atoms with Crippen molar-refractivity contribution in [2.45, 2.75) is 20.4 Å². The number of likely N-dealkylation sites (N-methyl/N-ethyl adjacent to an activating group) is 1. The maximum Gasteiger partial charge on any atom is 0.320 e. The zero-order valence-corrected chi connectivity index (χ0v) is 11.5. The van der Waals surface area contributed by atoms with Crippen LogP contribution in [0.25, 0.3) is 0 Å². The molecule has 0 heterocycles. The second-order valence-electron chi connectivity index (χ2n) is 4.15. The lowest BCUT2D eigenvalue weighted by Crippen LogP contribution is -2.30. The summed E-state index contributed by atoms with van der Waals surface area (Å²) in [7, 11) is 0. The Hall–Kier alpha value is -2.02. The first-order valence-corrected chi connectivity index (χ1v) is 6.28. The fourth-order valence-electron chi connectivity index (χ4n) is 1.72. The fraction of sp³-hybridized carbons (Fsp3) is 0.462. The van der Waals surface area contributed by atoms with Crippen molar-refractivity contribution in [2.75, 3.05) is 19.7 Å². The zero-order chi connectivity index (χ0) is 15.1. The topological polar surface area (TPSA) is 72.7 Å². The lowest BCUT2D eigenvalue weighted by molar-refractivity contribution is -0.387. The third-order valence-corrected chi connectivity index (χ3v) is 2.72. The average molecular weight is 284 g/mol. The van der Waals surface area contributed by atoms with Crippen molar-refractivity contribution >= 4 is 11.7 Å². The third kappa shape index (κ3) is 4.58. The molecule has 0 N–H and O–H groups in total. The number of rotatable bonds is 7. The van der Waals surface area contributed by atoms with E-state index in [1.807, 2.05) is 6.92 Å². The van der Waals surface area contributed by atoms with Gasteiger partial charge in [-0.1, -0.05) is 13.0 Å². The van der Waals surface area contributed by atoms with Gasteiger partial charge in [-0.25, -0.2) is 0 Å². The molecule has 0 amide bonds. The highest BCUT2D eigenvalue weighted by atomic mass is 19.1. The summed E-state index contributed by atoms with van der Waals surface area (Å²) < 4.78 is 18.3. The number of nitrogens with zero attached hydrogens (tertiary/aromatic N) is 2. The molecule has 0 aliphatic heterocycles. The van der Waals surface area contributed by atoms with Gasteiger partial charge in [0, 0.05) is 12.6 Å². The van der Waals surface area contributed by atoms with Gasteiger partial charge in [-0.15, -0.1) is 0 Å². The molecule has 1 rings (SSSR count). The highest BCUT2D eigenvalue weighted by Gasteiger charge is 2.16. The van der Waals surface area contributed by atoms with E-state index in [2.05, 4.69) is 0 Å². The van der Waals surface area contributed by atoms with Crippen LogP contribution in [-0.4, -0.2) is 35.5 Å². The summed E-state index contributed by atoms with van der Waals surface area (Å²) in [6.07, 6.45) is 0. The second kappa shape index (κ2) is 7.54. The van der Waals surface area contributed by atoms with E-state index in [0.29, 0.717) is 25.3 Å². The van der Waals surface area contributed by atoms with Gasteiger partial charge >= 0.3 is 11.7 Å². The highest BCUT2D eigenvalue weighted by Crippen LogP contribution is 2.18. The summed E-state index contributed by atoms with van der Waals surface area (Å²) >= 11 is 0. The van der Waals surface area contributed by atoms with E-state index in [9.17, 15) is 19.3 Å². The first-order chi connectivity index (χ1) is 9.47. The molecule has 1 aromatic carbocycles. The van der Waals surface area contributed by atoms with Gasteiger partial charge in [0.2, 0.25) is 5.82 Å². The van der Waals surface area contributed by atoms with Crippen LogP contribution in [0, 0.1) is 15.9 Å². The van der Waals surface area contributed by atoms with E-state index in [0.717, 1.165) is 12.1 Å². The van der Waals surface area contributed by atoms with Crippen molar-refractivity contribution in [1.82, 2.24) is 4.90 Å². The summed E-state index contributed by atoms with van der Waals surface area (Å²) in [6.45, 7) is 4.90. The highest BCUT2D eigenvalue weighted by molar-refractivity contribution is 5.71. The van der Waals surface area contributed by atoms with E-state index in [-0.39, 0.29) is 12.5 Å². The average Bonchev–Trinajstić information content (AvgIpc) is 2.37. The Morgan fingerprint density at radius 2 is 2.15 bits per heavy atom. The third-order valence-electron chi connectivity index (χ3n) is 2.72. The number of halogens is 1. The first kappa shape index (κ1) is 16.0. The molecule has 0 bridgehead atoms. The van der Waals surface area contributed by atoms with E-state index in [4.69, 9.17) is 4.74 Å². The van der Waals surface area contributed by atoms with Crippen LogP contribution in [0.1, 0.15) is 19.4 Å². The molecule has 0 radical (unpaired) electrons. The molecule has 1 aromatic rings. The van der Waals surface area contributed by atoms with Gasteiger partial charge < -0.3 is 4.74 Å². The van der Waals surface area contributed by atoms with Gasteiger partial charge in [0.25, 0.3) is 0 Å². The Bertz CT molecular complexity index is 493. The molecule has 0 saturated carbocycles. The number of carbonyl (C=O) groups excluding carboxylic acids is 1. The lowest BCUT2D eigenvalue weighted by atomic mass is 10.2. The minimum Gasteiger partial charge on any atom is -0.465 e. The Morgan fingerprint density at radius 3 is 2.65 bits per heavy atom. The quantitative estimate of drug-likeness (QED) is 0.435. The number of carbonyl (C=O) groups is 1. The van der Waals surface area contributed by atoms with Crippen LogP contribution in [-0.2, 0) is 16.1 Å². The van der Waals surface area contributed by atoms with Gasteiger partial charge in [-0.2, -0.15) is 4.39 Å². The van der Waals surface area contributed by atoms with Crippen LogP contribution in [0.3, 0.4) is 0 Å². The van der Waals surface area contributed by atoms with Gasteiger partial charge in [0.05, 0.1) is 18.1 Å². The summed E-state index contributed by atoms with van der Waals surface area (Å²) in [5, 5.41) is 10.5. The number of benzene rings is 1. The minimum atomic E-state index is -0.875. The van der Waals surface area contributed by atoms with Crippen molar-refractivity contribution in [3.63, 3.8) is 0 Å². The van der Waals surface area contributed by atoms with Crippen LogP contribution in [0.5, 0.6) is 0 Å². The van der Waals surface area contributed by atoms with Gasteiger partial charge in [0.1, 0.15) is 0 Å². The lowest BCUT2D eigenvalue weighted by Gasteiger charge is -2.19. The molecule has 0 atom stereocenters. The zero-order valence-electron chi connectivity index (χ0n) is 11.5. The predicted octanol–water partition coefficient (Wildman–Crippen LogP) is 2.12. The normalized spacial score (nSPS) is 10.6. The maximum atomic E-state index is 13.5. The molecule has 0 saturated heterocycles. The van der Waals surface area contributed by atoms with Crippen LogP contribution >= 0.6 is 0 Å². The standard InChI is InChI=1S/C13H17FN2O4/c1-3-15(9-13(17)20-4-2)8-10-5-6-12(16(18)19)11(14)7-10/h5-7H,3-4,8-9H2,1-2H3. The van der Waals surface area contributed by atoms with Crippen LogP contribution in [0.2, 0.25) is 0 Å². The molecule has 0 fully saturated rings. The monoisotopic (exact) mass is 284 g/mol. The summed E-state index contributed by atoms with van der Waals surface area (Å²) in [5.74, 6) is -1.23. The molecule has 20 heavy (non-hydrogen) atoms. The van der Waals surface area contributed by atoms with Gasteiger partial charge in [-0.05, 0) is 25.1 Å². The maximum absolute atomic E-state index is 13.5. The number of nitro groups is 1. The predicted molar refractivity (Wildman–Crippen MR) is 70.6 cm³/mol. The van der Waals surface area contributed by atoms with Crippen molar-refractivity contribution in [3.05, 3.63) is 39.7 Å². The molecular weight excluding hydrogens is 267 g/mol. The molecule has 0 aromatic heterocycles. The minimum absolute atomic E-state index is 0.100. The molecule has 0 unspecified atom stereocenters. The molecule has 0 aliphatic rings. The second-order valence-corrected chi connectivity index (χ2v) is 4.15. The molecule has 110 valence electrons. The Morgan fingerprint density at radius 1 is 1.45 bits per heavy atom. The van der Waals surface area contributed by atoms with E-state index >= 15 is 0 Å². The summed E-state index contributed by atoms with van der Waals surface area (Å²) in [4.78, 5) is 22.9. The molecule has 6 nitrogen and oxygen atoms in total. The number of esters is 1. The molecule has 0 aliphatic carbocycles. The number of nitro benzene ring substituents is 1. The Kier molecular flexibility index (Phi) is 6.05. The molecule has 0 spiro atoms.